The van der Waals surface area contributed by atoms with Crippen LogP contribution < -0.4 is 0 Å². The number of aryl methyl sites for hydroxylation is 1. The number of hydrogen-bond donors (Lipinski definition) is 0. The molecule has 2 heterocycles. The molecular formula is C14H14F3N5O2. The number of benzene rings is 1. The van der Waals surface area contributed by atoms with Crippen LogP contribution in [0.1, 0.15) is 27.8 Å². The van der Waals surface area contributed by atoms with Gasteiger partial charge in [0.05, 0.1) is 25.8 Å². The van der Waals surface area contributed by atoms with Crippen molar-refractivity contribution in [3.63, 3.8) is 0 Å². The van der Waals surface area contributed by atoms with Gasteiger partial charge in [-0.25, -0.2) is 0 Å². The summed E-state index contributed by atoms with van der Waals surface area (Å²) in [7, 11) is 1.60. The minimum atomic E-state index is -4.49. The van der Waals surface area contributed by atoms with E-state index in [0.29, 0.717) is 5.82 Å². The molecule has 1 saturated heterocycles. The molecule has 1 aromatic carbocycles. The monoisotopic (exact) mass is 341 g/mol. The third kappa shape index (κ3) is 3.37. The van der Waals surface area contributed by atoms with Gasteiger partial charge < -0.3 is 9.64 Å². The number of halogens is 3. The van der Waals surface area contributed by atoms with Crippen LogP contribution in [0.15, 0.2) is 24.3 Å². The lowest BCUT2D eigenvalue weighted by Crippen LogP contribution is -2.42. The van der Waals surface area contributed by atoms with Crippen molar-refractivity contribution in [3.05, 3.63) is 41.2 Å². The number of carbonyl (C=O) groups excluding carboxylic acids is 1. The number of carbonyl (C=O) groups is 1. The van der Waals surface area contributed by atoms with E-state index in [0.717, 1.165) is 12.1 Å². The van der Waals surface area contributed by atoms with Crippen molar-refractivity contribution in [2.75, 3.05) is 19.7 Å². The highest BCUT2D eigenvalue weighted by Crippen LogP contribution is 2.30. The average Bonchev–Trinajstić information content (AvgIpc) is 3.00. The zero-order valence-electron chi connectivity index (χ0n) is 12.7. The van der Waals surface area contributed by atoms with Crippen LogP contribution in [-0.2, 0) is 18.0 Å². The molecule has 1 amide bonds. The van der Waals surface area contributed by atoms with Gasteiger partial charge in [0, 0.05) is 12.1 Å². The lowest BCUT2D eigenvalue weighted by Gasteiger charge is -2.31. The highest BCUT2D eigenvalue weighted by molar-refractivity contribution is 5.94. The minimum absolute atomic E-state index is 0.0161. The summed E-state index contributed by atoms with van der Waals surface area (Å²) in [6, 6.07) is 4.37. The van der Waals surface area contributed by atoms with Gasteiger partial charge in [-0.1, -0.05) is 6.07 Å². The average molecular weight is 341 g/mol. The van der Waals surface area contributed by atoms with Gasteiger partial charge in [0.2, 0.25) is 5.82 Å². The van der Waals surface area contributed by atoms with E-state index in [9.17, 15) is 18.0 Å². The first-order chi connectivity index (χ1) is 11.3. The Balaban J connectivity index is 1.77. The first-order valence-electron chi connectivity index (χ1n) is 7.16. The van der Waals surface area contributed by atoms with Crippen LogP contribution in [-0.4, -0.2) is 50.7 Å². The molecule has 0 saturated carbocycles. The van der Waals surface area contributed by atoms with Gasteiger partial charge in [0.1, 0.15) is 6.10 Å². The molecule has 0 aliphatic carbocycles. The summed E-state index contributed by atoms with van der Waals surface area (Å²) in [6.07, 6.45) is -5.05. The number of ether oxygens (including phenoxy) is 1. The van der Waals surface area contributed by atoms with E-state index in [1.54, 1.807) is 7.05 Å². The molecule has 10 heteroatoms. The Bertz CT molecular complexity index is 746. The van der Waals surface area contributed by atoms with Crippen LogP contribution >= 0.6 is 0 Å². The number of nitrogens with zero attached hydrogens (tertiary/aromatic N) is 5. The maximum Gasteiger partial charge on any atom is 0.416 e. The van der Waals surface area contributed by atoms with Crippen molar-refractivity contribution < 1.29 is 22.7 Å². The number of tetrazole rings is 1. The van der Waals surface area contributed by atoms with Crippen LogP contribution in [0.2, 0.25) is 0 Å². The molecule has 24 heavy (non-hydrogen) atoms. The van der Waals surface area contributed by atoms with Crippen LogP contribution in [0.4, 0.5) is 13.2 Å². The lowest BCUT2D eigenvalue weighted by atomic mass is 10.1. The second kappa shape index (κ2) is 6.19. The summed E-state index contributed by atoms with van der Waals surface area (Å²) >= 11 is 0. The Morgan fingerprint density at radius 2 is 2.17 bits per heavy atom. The van der Waals surface area contributed by atoms with Crippen molar-refractivity contribution >= 4 is 5.91 Å². The van der Waals surface area contributed by atoms with E-state index in [2.05, 4.69) is 15.4 Å². The molecule has 7 nitrogen and oxygen atoms in total. The molecule has 3 rings (SSSR count). The molecule has 1 unspecified atom stereocenters. The fraction of sp³-hybridized carbons (Fsp3) is 0.429. The third-order valence-corrected chi connectivity index (χ3v) is 3.60. The van der Waals surface area contributed by atoms with E-state index in [1.807, 2.05) is 0 Å². The molecule has 0 N–H and O–H groups in total. The van der Waals surface area contributed by atoms with Crippen LogP contribution in [0, 0.1) is 0 Å². The minimum Gasteiger partial charge on any atom is -0.366 e. The fourth-order valence-electron chi connectivity index (χ4n) is 2.43. The predicted molar refractivity (Wildman–Crippen MR) is 74.8 cm³/mol. The highest BCUT2D eigenvalue weighted by Gasteiger charge is 2.33. The van der Waals surface area contributed by atoms with E-state index in [1.165, 1.54) is 21.8 Å². The lowest BCUT2D eigenvalue weighted by molar-refractivity contribution is -0.137. The van der Waals surface area contributed by atoms with Gasteiger partial charge in [-0.15, -0.1) is 10.2 Å². The van der Waals surface area contributed by atoms with Crippen molar-refractivity contribution in [1.29, 1.82) is 0 Å². The maximum absolute atomic E-state index is 12.8. The van der Waals surface area contributed by atoms with Crippen molar-refractivity contribution in [3.8, 4) is 0 Å². The van der Waals surface area contributed by atoms with Crippen molar-refractivity contribution in [2.24, 2.45) is 7.05 Å². The van der Waals surface area contributed by atoms with E-state index >= 15 is 0 Å². The summed E-state index contributed by atoms with van der Waals surface area (Å²) in [5.41, 5.74) is -0.869. The Morgan fingerprint density at radius 3 is 2.83 bits per heavy atom. The van der Waals surface area contributed by atoms with E-state index < -0.39 is 23.8 Å². The van der Waals surface area contributed by atoms with Gasteiger partial charge >= 0.3 is 6.18 Å². The summed E-state index contributed by atoms with van der Waals surface area (Å²) < 4.78 is 43.9. The first kappa shape index (κ1) is 16.4. The molecular weight excluding hydrogens is 327 g/mol. The smallest absolute Gasteiger partial charge is 0.366 e. The van der Waals surface area contributed by atoms with Gasteiger partial charge in [-0.2, -0.15) is 18.0 Å². The molecule has 128 valence electrons. The normalized spacial score (nSPS) is 18.7. The summed E-state index contributed by atoms with van der Waals surface area (Å²) in [4.78, 5) is 15.2. The second-order valence-electron chi connectivity index (χ2n) is 5.33. The summed E-state index contributed by atoms with van der Waals surface area (Å²) in [5, 5.41) is 11.6. The number of aromatic nitrogens is 4. The van der Waals surface area contributed by atoms with Gasteiger partial charge in [0.25, 0.3) is 5.91 Å². The van der Waals surface area contributed by atoms with Gasteiger partial charge in [-0.05, 0) is 23.4 Å². The molecule has 0 spiro atoms. The molecule has 1 atom stereocenters. The molecule has 0 bridgehead atoms. The Hall–Kier alpha value is -2.49. The number of amides is 1. The van der Waals surface area contributed by atoms with E-state index in [4.69, 9.17) is 4.74 Å². The van der Waals surface area contributed by atoms with Crippen molar-refractivity contribution in [2.45, 2.75) is 12.3 Å². The maximum atomic E-state index is 12.8. The molecule has 1 aromatic heterocycles. The number of alkyl halides is 3. The largest absolute Gasteiger partial charge is 0.416 e. The van der Waals surface area contributed by atoms with Crippen LogP contribution in [0.5, 0.6) is 0 Å². The molecule has 1 fully saturated rings. The fourth-order valence-corrected chi connectivity index (χ4v) is 2.43. The zero-order valence-corrected chi connectivity index (χ0v) is 12.7. The zero-order chi connectivity index (χ0) is 17.3. The van der Waals surface area contributed by atoms with Crippen LogP contribution in [0.25, 0.3) is 0 Å². The molecule has 0 radical (unpaired) electrons. The van der Waals surface area contributed by atoms with E-state index in [-0.39, 0.29) is 25.3 Å². The molecule has 1 aliphatic rings. The Kier molecular flexibility index (Phi) is 4.22. The number of hydrogen-bond acceptors (Lipinski definition) is 5. The number of rotatable bonds is 2. The summed E-state index contributed by atoms with van der Waals surface area (Å²) in [6.45, 7) is 0.681. The second-order valence-corrected chi connectivity index (χ2v) is 5.33. The van der Waals surface area contributed by atoms with Crippen molar-refractivity contribution in [1.82, 2.24) is 25.1 Å². The number of morpholine rings is 1. The van der Waals surface area contributed by atoms with Gasteiger partial charge in [0.15, 0.2) is 0 Å². The quantitative estimate of drug-likeness (QED) is 0.826. The molecule has 2 aromatic rings. The first-order valence-corrected chi connectivity index (χ1v) is 7.16. The summed E-state index contributed by atoms with van der Waals surface area (Å²) in [5.74, 6) is -0.155. The van der Waals surface area contributed by atoms with Crippen LogP contribution in [0.3, 0.4) is 0 Å². The predicted octanol–water partition coefficient (Wildman–Crippen LogP) is 1.44. The Morgan fingerprint density at radius 1 is 1.38 bits per heavy atom. The SMILES string of the molecule is Cn1nnc(C2CN(C(=O)c3cccc(C(F)(F)F)c3)CCO2)n1. The molecule has 1 aliphatic heterocycles. The topological polar surface area (TPSA) is 73.1 Å². The van der Waals surface area contributed by atoms with Gasteiger partial charge in [-0.3, -0.25) is 4.79 Å². The highest BCUT2D eigenvalue weighted by atomic mass is 19.4. The Labute approximate surface area is 135 Å². The standard InChI is InChI=1S/C14H14F3N5O2/c1-21-19-12(18-20-21)11-8-22(5-6-24-11)13(23)9-3-2-4-10(7-9)14(15,16)17/h2-4,7,11H,5-6,8H2,1H3. The third-order valence-electron chi connectivity index (χ3n) is 3.60.